The van der Waals surface area contributed by atoms with E-state index in [1.54, 1.807) is 0 Å². The lowest BCUT2D eigenvalue weighted by Gasteiger charge is -1.92. The summed E-state index contributed by atoms with van der Waals surface area (Å²) in [6, 6.07) is 0. The van der Waals surface area contributed by atoms with Crippen molar-refractivity contribution in [3.05, 3.63) is 23.8 Å². The van der Waals surface area contributed by atoms with Gasteiger partial charge in [0.05, 0.1) is 0 Å². The lowest BCUT2D eigenvalue weighted by Crippen LogP contribution is -1.71. The molecule has 0 aliphatic rings. The molecule has 0 rings (SSSR count). The maximum Gasteiger partial charge on any atom is -0.0142 e. The minimum absolute atomic E-state index is 1.13. The molecule has 0 N–H and O–H groups in total. The van der Waals surface area contributed by atoms with E-state index in [1.165, 1.54) is 5.57 Å². The zero-order valence-electron chi connectivity index (χ0n) is 7.35. The van der Waals surface area contributed by atoms with Gasteiger partial charge in [0.25, 0.3) is 0 Å². The number of rotatable bonds is 4. The molecule has 0 aromatic rings. The Morgan fingerprint density at radius 2 is 1.80 bits per heavy atom. The molecule has 0 bridgehead atoms. The maximum atomic E-state index is 2.28. The standard InChI is InChI=1S/C10H18/c1-4-6-7-9-10(3)8-5-2/h6-8H,4-5,9H2,1-3H3/b7-6+,10-8-. The van der Waals surface area contributed by atoms with Gasteiger partial charge in [-0.3, -0.25) is 0 Å². The van der Waals surface area contributed by atoms with Gasteiger partial charge in [0.2, 0.25) is 0 Å². The van der Waals surface area contributed by atoms with Gasteiger partial charge in [-0.1, -0.05) is 37.6 Å². The van der Waals surface area contributed by atoms with Gasteiger partial charge in [-0.2, -0.15) is 0 Å². The fraction of sp³-hybridized carbons (Fsp3) is 0.600. The Hall–Kier alpha value is -0.520. The van der Waals surface area contributed by atoms with E-state index in [2.05, 4.69) is 39.0 Å². The molecule has 0 spiro atoms. The van der Waals surface area contributed by atoms with Gasteiger partial charge in [-0.05, 0) is 26.2 Å². The Balaban J connectivity index is 3.48. The van der Waals surface area contributed by atoms with Crippen molar-refractivity contribution < 1.29 is 0 Å². The van der Waals surface area contributed by atoms with Crippen LogP contribution < -0.4 is 0 Å². The second kappa shape index (κ2) is 6.60. The molecule has 0 heteroatoms. The molecule has 0 saturated heterocycles. The van der Waals surface area contributed by atoms with Crippen molar-refractivity contribution in [1.29, 1.82) is 0 Å². The van der Waals surface area contributed by atoms with Gasteiger partial charge in [-0.15, -0.1) is 0 Å². The Morgan fingerprint density at radius 3 is 2.30 bits per heavy atom. The van der Waals surface area contributed by atoms with Crippen LogP contribution in [0.5, 0.6) is 0 Å². The van der Waals surface area contributed by atoms with E-state index in [1.807, 2.05) is 0 Å². The SMILES string of the molecule is CC/C=C(/C)C/C=C/CC. The summed E-state index contributed by atoms with van der Waals surface area (Å²) in [5.41, 5.74) is 1.48. The average molecular weight is 138 g/mol. The summed E-state index contributed by atoms with van der Waals surface area (Å²) in [7, 11) is 0. The Bertz CT molecular complexity index is 118. The van der Waals surface area contributed by atoms with Gasteiger partial charge in [0.15, 0.2) is 0 Å². The molecular formula is C10H18. The minimum Gasteiger partial charge on any atom is -0.0885 e. The molecule has 0 unspecified atom stereocenters. The summed E-state index contributed by atoms with van der Waals surface area (Å²) in [5, 5.41) is 0. The molecule has 0 heterocycles. The van der Waals surface area contributed by atoms with E-state index in [4.69, 9.17) is 0 Å². The topological polar surface area (TPSA) is 0 Å². The zero-order valence-corrected chi connectivity index (χ0v) is 7.35. The fourth-order valence-electron chi connectivity index (χ4n) is 0.868. The van der Waals surface area contributed by atoms with Crippen LogP contribution in [0.25, 0.3) is 0 Å². The van der Waals surface area contributed by atoms with E-state index >= 15 is 0 Å². The molecule has 0 aromatic carbocycles. The summed E-state index contributed by atoms with van der Waals surface area (Å²) < 4.78 is 0. The monoisotopic (exact) mass is 138 g/mol. The second-order valence-electron chi connectivity index (χ2n) is 2.54. The van der Waals surface area contributed by atoms with Gasteiger partial charge in [0.1, 0.15) is 0 Å². The van der Waals surface area contributed by atoms with Crippen molar-refractivity contribution in [2.24, 2.45) is 0 Å². The van der Waals surface area contributed by atoms with Gasteiger partial charge < -0.3 is 0 Å². The van der Waals surface area contributed by atoms with Gasteiger partial charge in [-0.25, -0.2) is 0 Å². The van der Waals surface area contributed by atoms with Crippen LogP contribution in [-0.2, 0) is 0 Å². The number of hydrogen-bond donors (Lipinski definition) is 0. The van der Waals surface area contributed by atoms with E-state index in [-0.39, 0.29) is 0 Å². The highest BCUT2D eigenvalue weighted by atomic mass is 13.9. The first-order valence-electron chi connectivity index (χ1n) is 4.11. The smallest absolute Gasteiger partial charge is 0.0142 e. The third kappa shape index (κ3) is 5.61. The third-order valence-electron chi connectivity index (χ3n) is 1.39. The largest absolute Gasteiger partial charge is 0.0885 e. The van der Waals surface area contributed by atoms with Crippen molar-refractivity contribution in [2.75, 3.05) is 0 Å². The summed E-state index contributed by atoms with van der Waals surface area (Å²) >= 11 is 0. The first-order chi connectivity index (χ1) is 4.81. The van der Waals surface area contributed by atoms with Crippen LogP contribution in [0.2, 0.25) is 0 Å². The normalized spacial score (nSPS) is 12.9. The lowest BCUT2D eigenvalue weighted by molar-refractivity contribution is 1.11. The van der Waals surface area contributed by atoms with Gasteiger partial charge in [0, 0.05) is 0 Å². The van der Waals surface area contributed by atoms with Crippen molar-refractivity contribution in [1.82, 2.24) is 0 Å². The van der Waals surface area contributed by atoms with Crippen LogP contribution in [-0.4, -0.2) is 0 Å². The number of allylic oxidation sites excluding steroid dienone is 4. The molecule has 0 nitrogen and oxygen atoms in total. The molecule has 58 valence electrons. The highest BCUT2D eigenvalue weighted by molar-refractivity contribution is 5.03. The molecule has 0 radical (unpaired) electrons. The van der Waals surface area contributed by atoms with Crippen molar-refractivity contribution >= 4 is 0 Å². The van der Waals surface area contributed by atoms with Crippen molar-refractivity contribution in [2.45, 2.75) is 40.0 Å². The lowest BCUT2D eigenvalue weighted by atomic mass is 10.2. The van der Waals surface area contributed by atoms with E-state index < -0.39 is 0 Å². The van der Waals surface area contributed by atoms with Gasteiger partial charge >= 0.3 is 0 Å². The number of hydrogen-bond acceptors (Lipinski definition) is 0. The molecule has 0 amide bonds. The van der Waals surface area contributed by atoms with Crippen LogP contribution in [0.15, 0.2) is 23.8 Å². The van der Waals surface area contributed by atoms with Crippen LogP contribution >= 0.6 is 0 Å². The molecule has 0 aromatic heterocycles. The molecular weight excluding hydrogens is 120 g/mol. The van der Waals surface area contributed by atoms with Crippen LogP contribution in [0.3, 0.4) is 0 Å². The van der Waals surface area contributed by atoms with Crippen LogP contribution in [0.1, 0.15) is 40.0 Å². The van der Waals surface area contributed by atoms with Crippen LogP contribution in [0.4, 0.5) is 0 Å². The highest BCUT2D eigenvalue weighted by Crippen LogP contribution is 2.02. The molecule has 0 saturated carbocycles. The Labute approximate surface area is 64.6 Å². The first-order valence-corrected chi connectivity index (χ1v) is 4.11. The maximum absolute atomic E-state index is 2.28. The summed E-state index contributed by atoms with van der Waals surface area (Å²) in [6.45, 7) is 6.52. The highest BCUT2D eigenvalue weighted by Gasteiger charge is 1.81. The molecule has 0 atom stereocenters. The van der Waals surface area contributed by atoms with Crippen molar-refractivity contribution in [3.63, 3.8) is 0 Å². The average Bonchev–Trinajstić information content (AvgIpc) is 1.89. The quantitative estimate of drug-likeness (QED) is 0.520. The molecule has 0 fully saturated rings. The van der Waals surface area contributed by atoms with Crippen LogP contribution in [0, 0.1) is 0 Å². The Morgan fingerprint density at radius 1 is 1.10 bits per heavy atom. The predicted octanol–water partition coefficient (Wildman–Crippen LogP) is 3.70. The molecule has 0 aliphatic carbocycles. The third-order valence-corrected chi connectivity index (χ3v) is 1.39. The van der Waals surface area contributed by atoms with Crippen molar-refractivity contribution in [3.8, 4) is 0 Å². The minimum atomic E-state index is 1.13. The summed E-state index contributed by atoms with van der Waals surface area (Å²) in [5.74, 6) is 0. The molecule has 10 heavy (non-hydrogen) atoms. The van der Waals surface area contributed by atoms with E-state index in [0.29, 0.717) is 0 Å². The van der Waals surface area contributed by atoms with E-state index in [0.717, 1.165) is 19.3 Å². The summed E-state index contributed by atoms with van der Waals surface area (Å²) in [4.78, 5) is 0. The summed E-state index contributed by atoms with van der Waals surface area (Å²) in [6.07, 6.45) is 10.2. The second-order valence-corrected chi connectivity index (χ2v) is 2.54. The Kier molecular flexibility index (Phi) is 6.25. The fourth-order valence-corrected chi connectivity index (χ4v) is 0.868. The first kappa shape index (κ1) is 9.48. The zero-order chi connectivity index (χ0) is 7.82. The molecule has 0 aliphatic heterocycles. The predicted molar refractivity (Wildman–Crippen MR) is 48.1 cm³/mol. The van der Waals surface area contributed by atoms with E-state index in [9.17, 15) is 0 Å².